The fourth-order valence-electron chi connectivity index (χ4n) is 2.95. The number of aromatic nitrogens is 1. The lowest BCUT2D eigenvalue weighted by Gasteiger charge is -2.17. The molecule has 29 heavy (non-hydrogen) atoms. The average molecular weight is 413 g/mol. The van der Waals surface area contributed by atoms with E-state index in [-0.39, 0.29) is 0 Å². The highest BCUT2D eigenvalue weighted by molar-refractivity contribution is 5.75. The molecule has 150 valence electrons. The summed E-state index contributed by atoms with van der Waals surface area (Å²) in [5.41, 5.74) is 8.51. The van der Waals surface area contributed by atoms with Crippen molar-refractivity contribution in [3.05, 3.63) is 77.0 Å². The Labute approximate surface area is 172 Å². The van der Waals surface area contributed by atoms with E-state index in [1.165, 1.54) is 11.1 Å². The van der Waals surface area contributed by atoms with Gasteiger partial charge in [-0.3, -0.25) is 0 Å². The first-order chi connectivity index (χ1) is 13.5. The van der Waals surface area contributed by atoms with E-state index in [9.17, 15) is 5.26 Å². The van der Waals surface area contributed by atoms with Crippen molar-refractivity contribution in [3.63, 3.8) is 0 Å². The van der Waals surface area contributed by atoms with Crippen LogP contribution in [0.1, 0.15) is 22.4 Å². The van der Waals surface area contributed by atoms with Crippen LogP contribution in [0.3, 0.4) is 0 Å². The first kappa shape index (κ1) is 22.5. The number of nitrogens with zero attached hydrogens (tertiary/aromatic N) is 2. The molecule has 1 heterocycles. The van der Waals surface area contributed by atoms with Crippen LogP contribution >= 0.6 is 0 Å². The molecule has 6 nitrogen and oxygen atoms in total. The Morgan fingerprint density at radius 3 is 1.62 bits per heavy atom. The molecule has 0 spiro atoms. The van der Waals surface area contributed by atoms with Gasteiger partial charge in [0.05, 0.1) is 0 Å². The minimum Gasteiger partial charge on any atom is -0.222 e. The van der Waals surface area contributed by atoms with E-state index in [4.69, 9.17) is 18.6 Å². The van der Waals surface area contributed by atoms with E-state index in [2.05, 4.69) is 79.1 Å². The van der Waals surface area contributed by atoms with Crippen LogP contribution in [0.25, 0.3) is 22.4 Å². The average Bonchev–Trinajstić information content (AvgIpc) is 2.64. The van der Waals surface area contributed by atoms with Gasteiger partial charge >= 0.3 is 0 Å². The molecule has 0 atom stereocenters. The Morgan fingerprint density at radius 1 is 0.793 bits per heavy atom. The zero-order valence-electron chi connectivity index (χ0n) is 16.6. The summed E-state index contributed by atoms with van der Waals surface area (Å²) in [6.45, 7) is 6.17. The van der Waals surface area contributed by atoms with E-state index >= 15 is 0 Å². The van der Waals surface area contributed by atoms with Gasteiger partial charge in [0.2, 0.25) is 5.69 Å². The van der Waals surface area contributed by atoms with Gasteiger partial charge in [0.1, 0.15) is 18.7 Å². The molecule has 0 saturated heterocycles. The molecule has 3 rings (SSSR count). The van der Waals surface area contributed by atoms with Crippen LogP contribution in [0.5, 0.6) is 0 Å². The zero-order chi connectivity index (χ0) is 21.8. The highest BCUT2D eigenvalue weighted by atomic mass is 35.7. The molecule has 0 aliphatic heterocycles. The fraction of sp³-hybridized carbons (Fsp3) is 0.182. The van der Waals surface area contributed by atoms with Crippen LogP contribution in [0.15, 0.2) is 54.6 Å². The number of hydrogen-bond acceptors (Lipinski definition) is 5. The SMILES string of the molecule is Cc1ccc(-c2cc(-c3ccc(C)cc3)[n+](C)c(C)c2C#N)cc1.[O-][Cl+3]([O-])([O-])[O-]. The first-order valence-corrected chi connectivity index (χ1v) is 9.94. The van der Waals surface area contributed by atoms with Crippen molar-refractivity contribution in [2.24, 2.45) is 7.05 Å². The molecule has 0 aliphatic carbocycles. The maximum Gasteiger partial charge on any atom is 0.213 e. The summed E-state index contributed by atoms with van der Waals surface area (Å²) in [6.07, 6.45) is 0. The van der Waals surface area contributed by atoms with Crippen molar-refractivity contribution in [1.29, 1.82) is 5.26 Å². The van der Waals surface area contributed by atoms with E-state index in [0.717, 1.165) is 33.6 Å². The van der Waals surface area contributed by atoms with Gasteiger partial charge in [0.25, 0.3) is 0 Å². The predicted octanol–water partition coefficient (Wildman–Crippen LogP) is -0.114. The first-order valence-electron chi connectivity index (χ1n) is 8.71. The van der Waals surface area contributed by atoms with Crippen LogP contribution in [-0.2, 0) is 7.05 Å². The van der Waals surface area contributed by atoms with E-state index in [1.54, 1.807) is 0 Å². The normalized spacial score (nSPS) is 10.7. The second-order valence-corrected chi connectivity index (χ2v) is 7.44. The monoisotopic (exact) mass is 412 g/mol. The Morgan fingerprint density at radius 2 is 1.21 bits per heavy atom. The number of nitriles is 1. The van der Waals surface area contributed by atoms with Gasteiger partial charge in [-0.1, -0.05) is 47.5 Å². The number of rotatable bonds is 2. The van der Waals surface area contributed by atoms with Gasteiger partial charge in [-0.05, 0) is 31.5 Å². The number of benzene rings is 2. The number of aryl methyl sites for hydroxylation is 2. The Hall–Kier alpha value is -2.79. The molecular weight excluding hydrogens is 392 g/mol. The molecule has 1 aromatic heterocycles. The third kappa shape index (κ3) is 6.09. The predicted molar refractivity (Wildman–Crippen MR) is 97.4 cm³/mol. The second kappa shape index (κ2) is 9.14. The lowest BCUT2D eigenvalue weighted by Crippen LogP contribution is -2.68. The summed E-state index contributed by atoms with van der Waals surface area (Å²) in [6, 6.07) is 21.4. The smallest absolute Gasteiger partial charge is 0.213 e. The summed E-state index contributed by atoms with van der Waals surface area (Å²) < 4.78 is 36.1. The summed E-state index contributed by atoms with van der Waals surface area (Å²) in [7, 11) is -2.93. The van der Waals surface area contributed by atoms with E-state index < -0.39 is 10.2 Å². The molecule has 0 unspecified atom stereocenters. The quantitative estimate of drug-likeness (QED) is 0.543. The number of hydrogen-bond donors (Lipinski definition) is 0. The Balaban J connectivity index is 0.000000537. The summed E-state index contributed by atoms with van der Waals surface area (Å²) in [5, 5.41) is 9.67. The Kier molecular flexibility index (Phi) is 7.09. The van der Waals surface area contributed by atoms with Crippen LogP contribution in [-0.4, -0.2) is 0 Å². The third-order valence-electron chi connectivity index (χ3n) is 4.60. The molecule has 0 amide bonds. The van der Waals surface area contributed by atoms with Crippen molar-refractivity contribution in [2.45, 2.75) is 20.8 Å². The minimum absolute atomic E-state index is 0.734. The summed E-state index contributed by atoms with van der Waals surface area (Å²) in [5.74, 6) is 0. The molecule has 3 aromatic rings. The topological polar surface area (TPSA) is 120 Å². The zero-order valence-corrected chi connectivity index (χ0v) is 17.4. The van der Waals surface area contributed by atoms with Gasteiger partial charge in [0.15, 0.2) is 5.69 Å². The van der Waals surface area contributed by atoms with Gasteiger partial charge in [-0.25, -0.2) is 18.6 Å². The van der Waals surface area contributed by atoms with Gasteiger partial charge < -0.3 is 0 Å². The van der Waals surface area contributed by atoms with Crippen molar-refractivity contribution in [2.75, 3.05) is 0 Å². The molecule has 2 aromatic carbocycles. The molecule has 0 saturated carbocycles. The fourth-order valence-corrected chi connectivity index (χ4v) is 2.95. The molecule has 0 radical (unpaired) electrons. The van der Waals surface area contributed by atoms with Crippen LogP contribution in [0, 0.1) is 42.3 Å². The van der Waals surface area contributed by atoms with E-state index in [1.807, 2.05) is 14.0 Å². The van der Waals surface area contributed by atoms with Crippen LogP contribution in [0.2, 0.25) is 0 Å². The molecule has 0 aliphatic rings. The van der Waals surface area contributed by atoms with Crippen molar-refractivity contribution in [1.82, 2.24) is 0 Å². The highest BCUT2D eigenvalue weighted by Gasteiger charge is 2.21. The highest BCUT2D eigenvalue weighted by Crippen LogP contribution is 2.29. The maximum atomic E-state index is 9.67. The molecule has 0 fully saturated rings. The molecule has 7 heteroatoms. The molecule has 0 N–H and O–H groups in total. The van der Waals surface area contributed by atoms with Gasteiger partial charge in [0, 0.05) is 24.1 Å². The maximum absolute atomic E-state index is 9.67. The lowest BCUT2D eigenvalue weighted by molar-refractivity contribution is -2.00. The van der Waals surface area contributed by atoms with Gasteiger partial charge in [-0.15, -0.1) is 10.2 Å². The minimum atomic E-state index is -4.94. The van der Waals surface area contributed by atoms with Gasteiger partial charge in [-0.2, -0.15) is 9.83 Å². The second-order valence-electron chi connectivity index (χ2n) is 6.68. The summed E-state index contributed by atoms with van der Waals surface area (Å²) in [4.78, 5) is 0. The van der Waals surface area contributed by atoms with Crippen molar-refractivity contribution >= 4 is 0 Å². The third-order valence-corrected chi connectivity index (χ3v) is 4.60. The summed E-state index contributed by atoms with van der Waals surface area (Å²) >= 11 is 0. The number of pyridine rings is 1. The Bertz CT molecular complexity index is 1030. The van der Waals surface area contributed by atoms with E-state index in [0.29, 0.717) is 0 Å². The lowest BCUT2D eigenvalue weighted by atomic mass is 9.96. The van der Waals surface area contributed by atoms with Crippen LogP contribution in [0.4, 0.5) is 0 Å². The largest absolute Gasteiger partial charge is 0.222 e. The molecule has 0 bridgehead atoms. The van der Waals surface area contributed by atoms with Crippen molar-refractivity contribution in [3.8, 4) is 28.5 Å². The standard InChI is InChI=1S/C22H21N2.ClHO4/c1-15-5-9-18(10-6-15)20-13-22(19-11-7-16(2)8-12-19)24(4)17(3)21(20)14-23;2-1(3,4)5/h5-13H,1-4H3;(H,2,3,4,5)/q+1;/p-1. The molecular formula is C22H21ClN2O4. The number of halogens is 1. The van der Waals surface area contributed by atoms with Crippen molar-refractivity contribution < 1.29 is 33.4 Å². The van der Waals surface area contributed by atoms with Crippen LogP contribution < -0.4 is 23.2 Å².